The van der Waals surface area contributed by atoms with Gasteiger partial charge in [0.2, 0.25) is 0 Å². The summed E-state index contributed by atoms with van der Waals surface area (Å²) >= 11 is 0. The van der Waals surface area contributed by atoms with Crippen molar-refractivity contribution in [3.63, 3.8) is 0 Å². The number of H-pyrrole nitrogens is 1. The molecule has 1 heterocycles. The van der Waals surface area contributed by atoms with Crippen LogP contribution in [0.1, 0.15) is 42.9 Å². The van der Waals surface area contributed by atoms with Gasteiger partial charge in [-0.3, -0.25) is 9.89 Å². The van der Waals surface area contributed by atoms with Gasteiger partial charge in [0.25, 0.3) is 5.91 Å². The molecule has 1 aromatic rings. The van der Waals surface area contributed by atoms with Crippen LogP contribution >= 0.6 is 0 Å². The van der Waals surface area contributed by atoms with Gasteiger partial charge in [-0.2, -0.15) is 10.2 Å². The molecule has 1 amide bonds. The van der Waals surface area contributed by atoms with Gasteiger partial charge < -0.3 is 0 Å². The highest BCUT2D eigenvalue weighted by Gasteiger charge is 2.19. The predicted molar refractivity (Wildman–Crippen MR) is 79.5 cm³/mol. The van der Waals surface area contributed by atoms with Crippen LogP contribution in [0.25, 0.3) is 0 Å². The third-order valence-electron chi connectivity index (χ3n) is 3.53. The van der Waals surface area contributed by atoms with E-state index in [9.17, 15) is 4.79 Å². The van der Waals surface area contributed by atoms with Crippen LogP contribution < -0.4 is 5.43 Å². The fourth-order valence-corrected chi connectivity index (χ4v) is 2.13. The molecule has 106 valence electrons. The van der Waals surface area contributed by atoms with E-state index >= 15 is 0 Å². The van der Waals surface area contributed by atoms with E-state index in [1.165, 1.54) is 0 Å². The lowest BCUT2D eigenvalue weighted by Gasteiger charge is -2.22. The van der Waals surface area contributed by atoms with E-state index in [4.69, 9.17) is 0 Å². The summed E-state index contributed by atoms with van der Waals surface area (Å²) in [5.41, 5.74) is 6.93. The molecule has 2 N–H and O–H groups in total. The second-order valence-corrected chi connectivity index (χ2v) is 5.31. The van der Waals surface area contributed by atoms with E-state index in [1.54, 1.807) is 6.07 Å². The van der Waals surface area contributed by atoms with Crippen molar-refractivity contribution in [1.82, 2.24) is 15.6 Å². The number of aromatic amines is 1. The van der Waals surface area contributed by atoms with Crippen LogP contribution in [0.4, 0.5) is 0 Å². The molecule has 5 heteroatoms. The molecule has 0 unspecified atom stereocenters. The number of amides is 1. The summed E-state index contributed by atoms with van der Waals surface area (Å²) in [5, 5.41) is 10.9. The Kier molecular flexibility index (Phi) is 4.17. The molecule has 20 heavy (non-hydrogen) atoms. The van der Waals surface area contributed by atoms with Crippen molar-refractivity contribution in [2.45, 2.75) is 33.6 Å². The number of nitrogens with one attached hydrogen (secondary N) is 2. The first-order valence-electron chi connectivity index (χ1n) is 6.69. The van der Waals surface area contributed by atoms with E-state index in [-0.39, 0.29) is 5.91 Å². The molecule has 5 nitrogen and oxygen atoms in total. The second kappa shape index (κ2) is 5.86. The highest BCUT2D eigenvalue weighted by Crippen LogP contribution is 2.26. The van der Waals surface area contributed by atoms with Crippen molar-refractivity contribution in [3.8, 4) is 0 Å². The molecule has 1 aromatic heterocycles. The van der Waals surface area contributed by atoms with Gasteiger partial charge in [0, 0.05) is 5.69 Å². The van der Waals surface area contributed by atoms with E-state index in [0.717, 1.165) is 35.4 Å². The van der Waals surface area contributed by atoms with Crippen LogP contribution in [0, 0.1) is 12.8 Å². The largest absolute Gasteiger partial charge is 0.291 e. The van der Waals surface area contributed by atoms with Gasteiger partial charge in [0.1, 0.15) is 0 Å². The lowest BCUT2D eigenvalue weighted by atomic mass is 9.85. The first-order valence-corrected chi connectivity index (χ1v) is 6.69. The fourth-order valence-electron chi connectivity index (χ4n) is 2.13. The molecule has 0 radical (unpaired) electrons. The zero-order valence-corrected chi connectivity index (χ0v) is 12.2. The first kappa shape index (κ1) is 14.2. The molecule has 0 spiro atoms. The average Bonchev–Trinajstić information content (AvgIpc) is 2.84. The Bertz CT molecular complexity index is 595. The standard InChI is InChI=1S/C15H20N4O/c1-9(2)12-6-5-10(3)13(8-12)17-19-15(20)14-7-11(4)16-18-14/h5,7,12H,1,6,8H2,2-4H3,(H,16,18)(H,19,20)/t12-/m0/s1. The van der Waals surface area contributed by atoms with Gasteiger partial charge >= 0.3 is 0 Å². The zero-order valence-electron chi connectivity index (χ0n) is 12.2. The molecular weight excluding hydrogens is 252 g/mol. The Balaban J connectivity index is 2.06. The number of hydrogen-bond acceptors (Lipinski definition) is 3. The summed E-state index contributed by atoms with van der Waals surface area (Å²) in [6.45, 7) is 9.89. The molecule has 2 rings (SSSR count). The number of aromatic nitrogens is 2. The highest BCUT2D eigenvalue weighted by atomic mass is 16.2. The summed E-state index contributed by atoms with van der Waals surface area (Å²) in [5.74, 6) is 0.106. The summed E-state index contributed by atoms with van der Waals surface area (Å²) < 4.78 is 0. The summed E-state index contributed by atoms with van der Waals surface area (Å²) in [6, 6.07) is 1.69. The van der Waals surface area contributed by atoms with Crippen molar-refractivity contribution in [3.05, 3.63) is 41.3 Å². The van der Waals surface area contributed by atoms with Crippen molar-refractivity contribution in [2.75, 3.05) is 0 Å². The molecule has 0 aromatic carbocycles. The van der Waals surface area contributed by atoms with E-state index in [1.807, 2.05) is 20.8 Å². The maximum absolute atomic E-state index is 11.9. The molecule has 0 bridgehead atoms. The lowest BCUT2D eigenvalue weighted by molar-refractivity contribution is 0.0949. The quantitative estimate of drug-likeness (QED) is 0.656. The zero-order chi connectivity index (χ0) is 14.7. The highest BCUT2D eigenvalue weighted by molar-refractivity contribution is 6.02. The molecule has 0 fully saturated rings. The maximum Gasteiger partial charge on any atom is 0.291 e. The van der Waals surface area contributed by atoms with Crippen molar-refractivity contribution in [2.24, 2.45) is 11.0 Å². The Morgan fingerprint density at radius 3 is 2.90 bits per heavy atom. The number of carbonyl (C=O) groups excluding carboxylic acids is 1. The van der Waals surface area contributed by atoms with Crippen molar-refractivity contribution >= 4 is 11.6 Å². The van der Waals surface area contributed by atoms with E-state index < -0.39 is 0 Å². The summed E-state index contributed by atoms with van der Waals surface area (Å²) in [7, 11) is 0. The number of rotatable bonds is 3. The molecule has 1 aliphatic rings. The maximum atomic E-state index is 11.9. The van der Waals surface area contributed by atoms with Gasteiger partial charge in [0.05, 0.1) is 5.71 Å². The molecular formula is C15H20N4O. The third-order valence-corrected chi connectivity index (χ3v) is 3.53. The number of hydrogen-bond donors (Lipinski definition) is 2. The van der Waals surface area contributed by atoms with Crippen LogP contribution in [0.3, 0.4) is 0 Å². The molecule has 0 saturated carbocycles. The Labute approximate surface area is 118 Å². The smallest absolute Gasteiger partial charge is 0.282 e. The molecule has 1 atom stereocenters. The van der Waals surface area contributed by atoms with Gasteiger partial charge in [-0.25, -0.2) is 5.43 Å². The second-order valence-electron chi connectivity index (χ2n) is 5.31. The molecule has 1 aliphatic carbocycles. The minimum Gasteiger partial charge on any atom is -0.282 e. The van der Waals surface area contributed by atoms with Gasteiger partial charge in [-0.1, -0.05) is 18.2 Å². The fraction of sp³-hybridized carbons (Fsp3) is 0.400. The first-order chi connectivity index (χ1) is 9.47. The summed E-state index contributed by atoms with van der Waals surface area (Å²) in [4.78, 5) is 11.9. The average molecular weight is 272 g/mol. The predicted octanol–water partition coefficient (Wildman–Crippen LogP) is 2.74. The number of aryl methyl sites for hydroxylation is 1. The topological polar surface area (TPSA) is 70.1 Å². The van der Waals surface area contributed by atoms with E-state index in [2.05, 4.69) is 33.4 Å². The van der Waals surface area contributed by atoms with Crippen molar-refractivity contribution < 1.29 is 4.79 Å². The monoisotopic (exact) mass is 272 g/mol. The number of hydrazone groups is 1. The lowest BCUT2D eigenvalue weighted by Crippen LogP contribution is -2.23. The normalized spacial score (nSPS) is 20.6. The third kappa shape index (κ3) is 3.23. The van der Waals surface area contributed by atoms with E-state index in [0.29, 0.717) is 11.6 Å². The minimum atomic E-state index is -0.299. The van der Waals surface area contributed by atoms with Gasteiger partial charge in [-0.15, -0.1) is 0 Å². The number of carbonyl (C=O) groups is 1. The number of nitrogens with zero attached hydrogens (tertiary/aromatic N) is 2. The van der Waals surface area contributed by atoms with Gasteiger partial charge in [0.15, 0.2) is 5.69 Å². The Hall–Kier alpha value is -2.17. The molecule has 0 saturated heterocycles. The van der Waals surface area contributed by atoms with Crippen LogP contribution in [0.2, 0.25) is 0 Å². The SMILES string of the molecule is C=C(C)[C@H]1CC=C(C)C(=NNC(=O)c2cc(C)[nH]n2)C1. The Morgan fingerprint density at radius 2 is 2.30 bits per heavy atom. The van der Waals surface area contributed by atoms with Crippen LogP contribution in [0.15, 0.2) is 35.0 Å². The van der Waals surface area contributed by atoms with Crippen LogP contribution in [-0.2, 0) is 0 Å². The summed E-state index contributed by atoms with van der Waals surface area (Å²) in [6.07, 6.45) is 3.96. The van der Waals surface area contributed by atoms with Crippen molar-refractivity contribution in [1.29, 1.82) is 0 Å². The molecule has 0 aliphatic heterocycles. The van der Waals surface area contributed by atoms with Gasteiger partial charge in [-0.05, 0) is 51.2 Å². The van der Waals surface area contributed by atoms with Crippen LogP contribution in [-0.4, -0.2) is 21.8 Å². The van der Waals surface area contributed by atoms with Crippen LogP contribution in [0.5, 0.6) is 0 Å². The Morgan fingerprint density at radius 1 is 1.55 bits per heavy atom. The number of allylic oxidation sites excluding steroid dienone is 3. The minimum absolute atomic E-state index is 0.299.